The topological polar surface area (TPSA) is 84.2 Å². The van der Waals surface area contributed by atoms with Crippen molar-refractivity contribution in [2.75, 3.05) is 5.32 Å². The molecule has 7 nitrogen and oxygen atoms in total. The van der Waals surface area contributed by atoms with Crippen LogP contribution in [0.25, 0.3) is 15.5 Å². The number of amides is 1. The largest absolute Gasteiger partial charge is 0.332 e. The molecule has 0 saturated carbocycles. The van der Waals surface area contributed by atoms with Gasteiger partial charge in [0.05, 0.1) is 0 Å². The number of carbonyl (C=O) groups excluding carboxylic acids is 1. The average Bonchev–Trinajstić information content (AvgIpc) is 3.07. The van der Waals surface area contributed by atoms with Crippen LogP contribution >= 0.6 is 23.6 Å². The van der Waals surface area contributed by atoms with Gasteiger partial charge in [0.1, 0.15) is 11.3 Å². The van der Waals surface area contributed by atoms with Gasteiger partial charge in [-0.3, -0.25) is 4.79 Å². The van der Waals surface area contributed by atoms with Crippen molar-refractivity contribution in [1.82, 2.24) is 25.1 Å². The Morgan fingerprint density at radius 3 is 3.00 bits per heavy atom. The molecule has 1 amide bonds. The second-order valence-electron chi connectivity index (χ2n) is 5.65. The zero-order chi connectivity index (χ0) is 17.1. The van der Waals surface area contributed by atoms with E-state index in [9.17, 15) is 4.79 Å². The van der Waals surface area contributed by atoms with Crippen LogP contribution in [0, 0.1) is 5.92 Å². The Balaban J connectivity index is 1.70. The quantitative estimate of drug-likeness (QED) is 0.696. The van der Waals surface area contributed by atoms with Gasteiger partial charge in [0.2, 0.25) is 10.9 Å². The van der Waals surface area contributed by atoms with Crippen molar-refractivity contribution in [2.24, 2.45) is 5.92 Å². The molecule has 0 aliphatic heterocycles. The Morgan fingerprint density at radius 1 is 1.42 bits per heavy atom. The van der Waals surface area contributed by atoms with Gasteiger partial charge in [0, 0.05) is 17.7 Å². The van der Waals surface area contributed by atoms with Gasteiger partial charge in [-0.2, -0.15) is 9.61 Å². The first-order valence-corrected chi connectivity index (χ1v) is 8.62. The van der Waals surface area contributed by atoms with E-state index in [0.717, 1.165) is 21.2 Å². The smallest absolute Gasteiger partial charge is 0.234 e. The van der Waals surface area contributed by atoms with Crippen LogP contribution in [0.5, 0.6) is 0 Å². The zero-order valence-electron chi connectivity index (χ0n) is 13.2. The van der Waals surface area contributed by atoms with Crippen molar-refractivity contribution < 1.29 is 4.79 Å². The van der Waals surface area contributed by atoms with Gasteiger partial charge < -0.3 is 10.6 Å². The lowest BCUT2D eigenvalue weighted by atomic mass is 10.1. The lowest BCUT2D eigenvalue weighted by molar-refractivity contribution is -0.120. The molecule has 0 bridgehead atoms. The number of hydrogen-bond acceptors (Lipinski definition) is 6. The molecule has 0 saturated heterocycles. The fraction of sp³-hybridized carbons (Fsp3) is 0.267. The van der Waals surface area contributed by atoms with E-state index >= 15 is 0 Å². The van der Waals surface area contributed by atoms with Crippen LogP contribution in [0.3, 0.4) is 0 Å². The second-order valence-corrected chi connectivity index (χ2v) is 7.01. The molecular weight excluding hydrogens is 344 g/mol. The van der Waals surface area contributed by atoms with Gasteiger partial charge in [-0.1, -0.05) is 37.3 Å². The molecule has 2 heterocycles. The molecule has 3 aromatic rings. The van der Waals surface area contributed by atoms with Gasteiger partial charge >= 0.3 is 0 Å². The predicted octanol–water partition coefficient (Wildman–Crippen LogP) is 2.71. The molecule has 0 spiro atoms. The number of rotatable bonds is 4. The summed E-state index contributed by atoms with van der Waals surface area (Å²) in [6.07, 6.45) is 2.01. The Kier molecular flexibility index (Phi) is 4.81. The molecule has 24 heavy (non-hydrogen) atoms. The number of fused-ring (bicyclic) bond motifs is 1. The number of hydrogen-bond donors (Lipinski definition) is 2. The summed E-state index contributed by atoms with van der Waals surface area (Å²) in [5, 5.41) is 19.0. The lowest BCUT2D eigenvalue weighted by Gasteiger charge is -2.11. The van der Waals surface area contributed by atoms with E-state index in [1.807, 2.05) is 38.1 Å². The highest BCUT2D eigenvalue weighted by Crippen LogP contribution is 2.26. The van der Waals surface area contributed by atoms with Crippen LogP contribution in [0.4, 0.5) is 5.69 Å². The van der Waals surface area contributed by atoms with Crippen molar-refractivity contribution in [3.05, 3.63) is 30.6 Å². The average molecular weight is 360 g/mol. The molecular formula is C15H16N6OS2. The normalized spacial score (nSPS) is 11.0. The summed E-state index contributed by atoms with van der Waals surface area (Å²) in [6.45, 7) is 3.97. The van der Waals surface area contributed by atoms with Crippen LogP contribution in [-0.4, -0.2) is 30.8 Å². The van der Waals surface area contributed by atoms with E-state index in [1.165, 1.54) is 11.3 Å². The summed E-state index contributed by atoms with van der Waals surface area (Å²) in [5.74, 6) is 0.196. The summed E-state index contributed by atoms with van der Waals surface area (Å²) in [6, 6.07) is 7.66. The highest BCUT2D eigenvalue weighted by atomic mass is 32.1. The molecule has 0 aliphatic rings. The number of carbonyl (C=O) groups is 1. The van der Waals surface area contributed by atoms with Gasteiger partial charge in [0.25, 0.3) is 0 Å². The van der Waals surface area contributed by atoms with Gasteiger partial charge in [-0.25, -0.2) is 0 Å². The minimum atomic E-state index is -0.0905. The van der Waals surface area contributed by atoms with Crippen LogP contribution in [-0.2, 0) is 4.79 Å². The summed E-state index contributed by atoms with van der Waals surface area (Å²) >= 11 is 6.64. The number of nitrogens with zero attached hydrogens (tertiary/aromatic N) is 4. The SMILES string of the molecule is CC(C)CC(=O)NC(=S)Nc1cccc(-c2nn3cnnc3s2)c1. The van der Waals surface area contributed by atoms with Gasteiger partial charge in [-0.15, -0.1) is 10.2 Å². The summed E-state index contributed by atoms with van der Waals surface area (Å²) in [4.78, 5) is 12.5. The number of benzene rings is 1. The van der Waals surface area contributed by atoms with E-state index in [1.54, 1.807) is 10.8 Å². The van der Waals surface area contributed by atoms with E-state index in [2.05, 4.69) is 25.9 Å². The maximum absolute atomic E-state index is 11.7. The van der Waals surface area contributed by atoms with E-state index in [4.69, 9.17) is 12.2 Å². The maximum atomic E-state index is 11.7. The van der Waals surface area contributed by atoms with Gasteiger partial charge in [-0.05, 0) is 30.3 Å². The van der Waals surface area contributed by atoms with Crippen molar-refractivity contribution in [3.8, 4) is 10.6 Å². The molecule has 124 valence electrons. The first kappa shape index (κ1) is 16.5. The third-order valence-corrected chi connectivity index (χ3v) is 4.27. The molecule has 0 aliphatic carbocycles. The Bertz CT molecular complexity index is 856. The fourth-order valence-electron chi connectivity index (χ4n) is 2.12. The zero-order valence-corrected chi connectivity index (χ0v) is 14.8. The Morgan fingerprint density at radius 2 is 2.25 bits per heavy atom. The third-order valence-electron chi connectivity index (χ3n) is 3.10. The Hall–Kier alpha value is -2.39. The fourth-order valence-corrected chi connectivity index (χ4v) is 3.16. The Labute approximate surface area is 148 Å². The molecule has 0 atom stereocenters. The van der Waals surface area contributed by atoms with Crippen LogP contribution in [0.1, 0.15) is 20.3 Å². The molecule has 2 aromatic heterocycles. The molecule has 0 radical (unpaired) electrons. The van der Waals surface area contributed by atoms with Crippen molar-refractivity contribution in [3.63, 3.8) is 0 Å². The monoisotopic (exact) mass is 360 g/mol. The van der Waals surface area contributed by atoms with Gasteiger partial charge in [0.15, 0.2) is 5.11 Å². The first-order valence-electron chi connectivity index (χ1n) is 7.39. The third kappa shape index (κ3) is 3.92. The highest BCUT2D eigenvalue weighted by molar-refractivity contribution is 7.80. The predicted molar refractivity (Wildman–Crippen MR) is 97.9 cm³/mol. The molecule has 9 heteroatoms. The standard InChI is InChI=1S/C15H16N6OS2/c1-9(2)6-12(22)18-14(23)17-11-5-3-4-10(7-11)13-20-21-8-16-19-15(21)24-13/h3-5,7-9H,6H2,1-2H3,(H2,17,18,22,23). The summed E-state index contributed by atoms with van der Waals surface area (Å²) in [5.41, 5.74) is 1.72. The number of thiocarbonyl (C=S) groups is 1. The summed E-state index contributed by atoms with van der Waals surface area (Å²) < 4.78 is 1.64. The maximum Gasteiger partial charge on any atom is 0.234 e. The molecule has 1 aromatic carbocycles. The highest BCUT2D eigenvalue weighted by Gasteiger charge is 2.10. The molecule has 3 rings (SSSR count). The number of anilines is 1. The van der Waals surface area contributed by atoms with E-state index < -0.39 is 0 Å². The van der Waals surface area contributed by atoms with E-state index in [0.29, 0.717) is 6.42 Å². The van der Waals surface area contributed by atoms with Crippen LogP contribution in [0.2, 0.25) is 0 Å². The van der Waals surface area contributed by atoms with E-state index in [-0.39, 0.29) is 16.9 Å². The first-order chi connectivity index (χ1) is 11.5. The van der Waals surface area contributed by atoms with Crippen molar-refractivity contribution in [2.45, 2.75) is 20.3 Å². The summed E-state index contributed by atoms with van der Waals surface area (Å²) in [7, 11) is 0. The van der Waals surface area contributed by atoms with Crippen molar-refractivity contribution >= 4 is 45.2 Å². The lowest BCUT2D eigenvalue weighted by Crippen LogP contribution is -2.34. The molecule has 2 N–H and O–H groups in total. The van der Waals surface area contributed by atoms with Crippen molar-refractivity contribution in [1.29, 1.82) is 0 Å². The second kappa shape index (κ2) is 7.02. The van der Waals surface area contributed by atoms with Crippen LogP contribution in [0.15, 0.2) is 30.6 Å². The number of aromatic nitrogens is 4. The number of nitrogens with one attached hydrogen (secondary N) is 2. The minimum absolute atomic E-state index is 0.0905. The minimum Gasteiger partial charge on any atom is -0.332 e. The molecule has 0 fully saturated rings. The molecule has 0 unspecified atom stereocenters. The van der Waals surface area contributed by atoms with Crippen LogP contribution < -0.4 is 10.6 Å².